The summed E-state index contributed by atoms with van der Waals surface area (Å²) >= 11 is 0. The smallest absolute Gasteiger partial charge is 0.254 e. The zero-order valence-electron chi connectivity index (χ0n) is 13.8. The summed E-state index contributed by atoms with van der Waals surface area (Å²) in [4.78, 5) is 10.8. The number of benzene rings is 1. The number of nitrogens with one attached hydrogen (secondary N) is 1. The lowest BCUT2D eigenvalue weighted by Crippen LogP contribution is -2.36. The fourth-order valence-electron chi connectivity index (χ4n) is 2.60. The molecule has 6 heteroatoms. The van der Waals surface area contributed by atoms with Gasteiger partial charge in [-0.3, -0.25) is 0 Å². The zero-order valence-corrected chi connectivity index (χ0v) is 13.8. The van der Waals surface area contributed by atoms with Gasteiger partial charge in [-0.15, -0.1) is 0 Å². The minimum Gasteiger partial charge on any atom is -0.368 e. The molecule has 0 amide bonds. The number of fused-ring (bicyclic) bond motifs is 1. The minimum atomic E-state index is 0.379. The molecule has 1 atom stereocenters. The standard InChI is InChI=1S/C17H22N6/c1-13-9-16(23-17(21-13)19-12-20-23)18-11-15(22(2)3)10-14-7-5-4-6-8-14/h4-9,12,15,18H,10-11H2,1-3H3/t15-/m0/s1. The first-order chi connectivity index (χ1) is 11.1. The molecule has 0 saturated carbocycles. The summed E-state index contributed by atoms with van der Waals surface area (Å²) < 4.78 is 1.74. The van der Waals surface area contributed by atoms with Gasteiger partial charge in [0, 0.05) is 24.3 Å². The third-order valence-corrected chi connectivity index (χ3v) is 3.94. The second-order valence-electron chi connectivity index (χ2n) is 5.94. The van der Waals surface area contributed by atoms with Crippen LogP contribution in [-0.2, 0) is 6.42 Å². The van der Waals surface area contributed by atoms with E-state index in [2.05, 4.69) is 63.6 Å². The second-order valence-corrected chi connectivity index (χ2v) is 5.94. The van der Waals surface area contributed by atoms with E-state index >= 15 is 0 Å². The number of nitrogens with zero attached hydrogens (tertiary/aromatic N) is 5. The predicted molar refractivity (Wildman–Crippen MR) is 91.6 cm³/mol. The molecule has 0 aliphatic rings. The Morgan fingerprint density at radius 1 is 1.22 bits per heavy atom. The molecule has 0 aliphatic heterocycles. The van der Waals surface area contributed by atoms with Gasteiger partial charge >= 0.3 is 0 Å². The Morgan fingerprint density at radius 2 is 2.00 bits per heavy atom. The van der Waals surface area contributed by atoms with Crippen molar-refractivity contribution >= 4 is 11.6 Å². The summed E-state index contributed by atoms with van der Waals surface area (Å²) in [7, 11) is 4.22. The van der Waals surface area contributed by atoms with E-state index in [1.54, 1.807) is 4.52 Å². The van der Waals surface area contributed by atoms with Crippen LogP contribution in [0.4, 0.5) is 5.82 Å². The van der Waals surface area contributed by atoms with Crippen LogP contribution in [0.15, 0.2) is 42.7 Å². The molecule has 1 N–H and O–H groups in total. The second kappa shape index (κ2) is 6.75. The van der Waals surface area contributed by atoms with Crippen molar-refractivity contribution in [3.8, 4) is 0 Å². The molecule has 3 rings (SSSR count). The van der Waals surface area contributed by atoms with Crippen molar-refractivity contribution in [1.82, 2.24) is 24.5 Å². The van der Waals surface area contributed by atoms with Crippen LogP contribution in [-0.4, -0.2) is 51.2 Å². The van der Waals surface area contributed by atoms with Crippen molar-refractivity contribution in [2.24, 2.45) is 0 Å². The largest absolute Gasteiger partial charge is 0.368 e. The highest BCUT2D eigenvalue weighted by Gasteiger charge is 2.13. The van der Waals surface area contributed by atoms with Gasteiger partial charge in [0.1, 0.15) is 12.1 Å². The molecule has 0 bridgehead atoms. The normalized spacial score (nSPS) is 12.7. The summed E-state index contributed by atoms with van der Waals surface area (Å²) in [6.07, 6.45) is 2.52. The quantitative estimate of drug-likeness (QED) is 0.755. The van der Waals surface area contributed by atoms with Gasteiger partial charge in [-0.05, 0) is 33.0 Å². The van der Waals surface area contributed by atoms with Gasteiger partial charge in [0.05, 0.1) is 0 Å². The van der Waals surface area contributed by atoms with Gasteiger partial charge in [-0.25, -0.2) is 4.98 Å². The highest BCUT2D eigenvalue weighted by atomic mass is 15.4. The van der Waals surface area contributed by atoms with Crippen molar-refractivity contribution in [3.63, 3.8) is 0 Å². The van der Waals surface area contributed by atoms with Gasteiger partial charge in [0.2, 0.25) is 0 Å². The molecule has 0 aliphatic carbocycles. The molecule has 120 valence electrons. The number of aryl methyl sites for hydroxylation is 1. The number of hydrogen-bond acceptors (Lipinski definition) is 5. The monoisotopic (exact) mass is 310 g/mol. The van der Waals surface area contributed by atoms with Crippen molar-refractivity contribution < 1.29 is 0 Å². The van der Waals surface area contributed by atoms with Gasteiger partial charge in [-0.1, -0.05) is 30.3 Å². The lowest BCUT2D eigenvalue weighted by molar-refractivity contribution is 0.303. The van der Waals surface area contributed by atoms with E-state index in [9.17, 15) is 0 Å². The Labute approximate surface area is 136 Å². The van der Waals surface area contributed by atoms with Crippen LogP contribution in [0, 0.1) is 6.92 Å². The van der Waals surface area contributed by atoms with E-state index in [1.807, 2.05) is 19.1 Å². The lowest BCUT2D eigenvalue weighted by Gasteiger charge is -2.25. The first-order valence-electron chi connectivity index (χ1n) is 7.75. The average Bonchev–Trinajstić information content (AvgIpc) is 3.00. The number of likely N-dealkylation sites (N-methyl/N-ethyl adjacent to an activating group) is 1. The fraction of sp³-hybridized carbons (Fsp3) is 0.353. The summed E-state index contributed by atoms with van der Waals surface area (Å²) in [5, 5.41) is 7.73. The van der Waals surface area contributed by atoms with Crippen molar-refractivity contribution in [1.29, 1.82) is 0 Å². The van der Waals surface area contributed by atoms with Crippen molar-refractivity contribution in [2.75, 3.05) is 26.0 Å². The van der Waals surface area contributed by atoms with E-state index in [-0.39, 0.29) is 0 Å². The highest BCUT2D eigenvalue weighted by molar-refractivity contribution is 5.44. The molecule has 2 heterocycles. The van der Waals surface area contributed by atoms with Crippen molar-refractivity contribution in [3.05, 3.63) is 54.0 Å². The van der Waals surface area contributed by atoms with Gasteiger partial charge in [0.25, 0.3) is 5.78 Å². The maximum Gasteiger partial charge on any atom is 0.254 e. The van der Waals surface area contributed by atoms with Crippen LogP contribution in [0.2, 0.25) is 0 Å². The first kappa shape index (κ1) is 15.4. The molecule has 0 spiro atoms. The highest BCUT2D eigenvalue weighted by Crippen LogP contribution is 2.12. The third kappa shape index (κ3) is 3.65. The molecule has 0 unspecified atom stereocenters. The summed E-state index contributed by atoms with van der Waals surface area (Å²) in [6.45, 7) is 2.79. The number of hydrogen-bond donors (Lipinski definition) is 1. The van der Waals surface area contributed by atoms with Crippen LogP contribution < -0.4 is 5.32 Å². The molecule has 23 heavy (non-hydrogen) atoms. The predicted octanol–water partition coefficient (Wildman–Crippen LogP) is 2.02. The van der Waals surface area contributed by atoms with Gasteiger partial charge in [0.15, 0.2) is 0 Å². The third-order valence-electron chi connectivity index (χ3n) is 3.94. The summed E-state index contributed by atoms with van der Waals surface area (Å²) in [5.41, 5.74) is 2.27. The molecule has 6 nitrogen and oxygen atoms in total. The Bertz CT molecular complexity index is 765. The molecule has 3 aromatic rings. The topological polar surface area (TPSA) is 58.4 Å². The molecule has 0 radical (unpaired) electrons. The lowest BCUT2D eigenvalue weighted by atomic mass is 10.1. The molecule has 0 saturated heterocycles. The summed E-state index contributed by atoms with van der Waals surface area (Å²) in [6, 6.07) is 12.9. The van der Waals surface area contributed by atoms with Crippen LogP contribution >= 0.6 is 0 Å². The number of aromatic nitrogens is 4. The van der Waals surface area contributed by atoms with Crippen LogP contribution in [0.5, 0.6) is 0 Å². The molecule has 0 fully saturated rings. The first-order valence-corrected chi connectivity index (χ1v) is 7.75. The Hall–Kier alpha value is -2.47. The Morgan fingerprint density at radius 3 is 2.74 bits per heavy atom. The number of rotatable bonds is 6. The van der Waals surface area contributed by atoms with Crippen LogP contribution in [0.25, 0.3) is 5.78 Å². The Balaban J connectivity index is 1.74. The maximum atomic E-state index is 4.37. The van der Waals surface area contributed by atoms with Crippen LogP contribution in [0.1, 0.15) is 11.3 Å². The Kier molecular flexibility index (Phi) is 4.52. The maximum absolute atomic E-state index is 4.37. The molecule has 2 aromatic heterocycles. The van der Waals surface area contributed by atoms with E-state index in [1.165, 1.54) is 11.9 Å². The van der Waals surface area contributed by atoms with Crippen LogP contribution in [0.3, 0.4) is 0 Å². The molecular weight excluding hydrogens is 288 g/mol. The zero-order chi connectivity index (χ0) is 16.2. The van der Waals surface area contributed by atoms with E-state index < -0.39 is 0 Å². The van der Waals surface area contributed by atoms with E-state index in [0.29, 0.717) is 11.8 Å². The SMILES string of the molecule is Cc1cc(NC[C@H](Cc2ccccc2)N(C)C)n2ncnc2n1. The summed E-state index contributed by atoms with van der Waals surface area (Å²) in [5.74, 6) is 1.54. The minimum absolute atomic E-state index is 0.379. The molecule has 1 aromatic carbocycles. The van der Waals surface area contributed by atoms with Gasteiger partial charge in [-0.2, -0.15) is 14.6 Å². The molecular formula is C17H22N6. The number of anilines is 1. The van der Waals surface area contributed by atoms with E-state index in [0.717, 1.165) is 24.5 Å². The van der Waals surface area contributed by atoms with E-state index in [4.69, 9.17) is 0 Å². The average molecular weight is 310 g/mol. The van der Waals surface area contributed by atoms with Crippen molar-refractivity contribution in [2.45, 2.75) is 19.4 Å². The fourth-order valence-corrected chi connectivity index (χ4v) is 2.60. The van der Waals surface area contributed by atoms with Gasteiger partial charge < -0.3 is 10.2 Å².